The Hall–Kier alpha value is -1.35. The number of benzene rings is 1. The van der Waals surface area contributed by atoms with Crippen LogP contribution in [0.3, 0.4) is 0 Å². The molecule has 2 rings (SSSR count). The van der Waals surface area contributed by atoms with Crippen LogP contribution in [0.15, 0.2) is 29.8 Å². The van der Waals surface area contributed by atoms with E-state index in [1.807, 2.05) is 12.1 Å². The molecule has 0 aliphatic rings. The Balaban J connectivity index is 2.59. The molecule has 0 aliphatic carbocycles. The van der Waals surface area contributed by atoms with Gasteiger partial charge in [-0.1, -0.05) is 24.3 Å². The summed E-state index contributed by atoms with van der Waals surface area (Å²) in [6.07, 6.45) is 0. The van der Waals surface area contributed by atoms with Crippen molar-refractivity contribution < 1.29 is 0 Å². The number of aryl methyl sites for hydroxylation is 1. The summed E-state index contributed by atoms with van der Waals surface area (Å²) in [7, 11) is 0. The van der Waals surface area contributed by atoms with Crippen molar-refractivity contribution in [1.82, 2.24) is 4.98 Å². The minimum Gasteiger partial charge on any atom is -0.382 e. The molecular formula is C10H10N2S. The zero-order valence-electron chi connectivity index (χ0n) is 7.32. The van der Waals surface area contributed by atoms with Crippen LogP contribution >= 0.6 is 11.3 Å². The van der Waals surface area contributed by atoms with E-state index in [9.17, 15) is 0 Å². The van der Waals surface area contributed by atoms with Gasteiger partial charge in [-0.25, -0.2) is 4.98 Å². The summed E-state index contributed by atoms with van der Waals surface area (Å²) < 4.78 is 0. The number of rotatable bonds is 1. The maximum atomic E-state index is 5.74. The van der Waals surface area contributed by atoms with Gasteiger partial charge in [0, 0.05) is 0 Å². The molecule has 0 unspecified atom stereocenters. The maximum absolute atomic E-state index is 5.74. The SMILES string of the molecule is Cc1ccccc1-c1scnc1N. The van der Waals surface area contributed by atoms with Gasteiger partial charge in [-0.05, 0) is 18.1 Å². The largest absolute Gasteiger partial charge is 0.382 e. The van der Waals surface area contributed by atoms with Crippen molar-refractivity contribution >= 4 is 17.2 Å². The lowest BCUT2D eigenvalue weighted by Gasteiger charge is -2.02. The predicted octanol–water partition coefficient (Wildman–Crippen LogP) is 2.70. The first-order valence-corrected chi connectivity index (χ1v) is 4.92. The number of hydrogen-bond donors (Lipinski definition) is 1. The molecule has 1 aromatic carbocycles. The number of nitrogen functional groups attached to an aromatic ring is 1. The van der Waals surface area contributed by atoms with Crippen LogP contribution in [0.25, 0.3) is 10.4 Å². The van der Waals surface area contributed by atoms with Gasteiger partial charge in [0.1, 0.15) is 5.82 Å². The van der Waals surface area contributed by atoms with E-state index in [0.717, 1.165) is 4.88 Å². The van der Waals surface area contributed by atoms with Crippen LogP contribution in [-0.2, 0) is 0 Å². The first-order chi connectivity index (χ1) is 6.29. The summed E-state index contributed by atoms with van der Waals surface area (Å²) in [5, 5.41) is 0. The molecule has 0 atom stereocenters. The fraction of sp³-hybridized carbons (Fsp3) is 0.100. The minimum atomic E-state index is 0.624. The third kappa shape index (κ3) is 1.42. The molecule has 2 N–H and O–H groups in total. The summed E-state index contributed by atoms with van der Waals surface area (Å²) in [6, 6.07) is 8.19. The maximum Gasteiger partial charge on any atom is 0.142 e. The molecule has 0 spiro atoms. The van der Waals surface area contributed by atoms with Gasteiger partial charge in [0.05, 0.1) is 10.4 Å². The van der Waals surface area contributed by atoms with Gasteiger partial charge in [0.2, 0.25) is 0 Å². The fourth-order valence-corrected chi connectivity index (χ4v) is 2.09. The van der Waals surface area contributed by atoms with E-state index in [1.165, 1.54) is 11.1 Å². The average Bonchev–Trinajstić information content (AvgIpc) is 2.52. The number of aromatic nitrogens is 1. The van der Waals surface area contributed by atoms with E-state index in [-0.39, 0.29) is 0 Å². The molecule has 0 fully saturated rings. The Labute approximate surface area is 81.1 Å². The van der Waals surface area contributed by atoms with E-state index in [0.29, 0.717) is 5.82 Å². The third-order valence-electron chi connectivity index (χ3n) is 1.98. The van der Waals surface area contributed by atoms with Crippen LogP contribution in [0.2, 0.25) is 0 Å². The summed E-state index contributed by atoms with van der Waals surface area (Å²) in [4.78, 5) is 5.10. The molecule has 0 bridgehead atoms. The topological polar surface area (TPSA) is 38.9 Å². The van der Waals surface area contributed by atoms with Gasteiger partial charge in [-0.3, -0.25) is 0 Å². The third-order valence-corrected chi connectivity index (χ3v) is 2.86. The molecule has 0 saturated carbocycles. The second kappa shape index (κ2) is 3.18. The molecule has 1 aromatic heterocycles. The Morgan fingerprint density at radius 2 is 2.08 bits per heavy atom. The fourth-order valence-electron chi connectivity index (χ4n) is 1.28. The lowest BCUT2D eigenvalue weighted by molar-refractivity contribution is 1.41. The number of nitrogens with two attached hydrogens (primary N) is 1. The van der Waals surface area contributed by atoms with Crippen LogP contribution in [-0.4, -0.2) is 4.98 Å². The lowest BCUT2D eigenvalue weighted by atomic mass is 10.1. The molecule has 0 radical (unpaired) electrons. The average molecular weight is 190 g/mol. The molecule has 0 aliphatic heterocycles. The molecule has 0 saturated heterocycles. The summed E-state index contributed by atoms with van der Waals surface area (Å²) in [5.41, 5.74) is 9.93. The second-order valence-electron chi connectivity index (χ2n) is 2.88. The zero-order chi connectivity index (χ0) is 9.26. The highest BCUT2D eigenvalue weighted by Gasteiger charge is 2.06. The summed E-state index contributed by atoms with van der Waals surface area (Å²) in [6.45, 7) is 2.08. The Kier molecular flexibility index (Phi) is 2.02. The first-order valence-electron chi connectivity index (χ1n) is 4.04. The van der Waals surface area contributed by atoms with Crippen LogP contribution in [0, 0.1) is 6.92 Å². The van der Waals surface area contributed by atoms with Crippen LogP contribution in [0.4, 0.5) is 5.82 Å². The van der Waals surface area contributed by atoms with Crippen molar-refractivity contribution in [3.05, 3.63) is 35.3 Å². The van der Waals surface area contributed by atoms with Gasteiger partial charge >= 0.3 is 0 Å². The van der Waals surface area contributed by atoms with Crippen LogP contribution in [0.5, 0.6) is 0 Å². The van der Waals surface area contributed by atoms with E-state index in [2.05, 4.69) is 24.0 Å². The van der Waals surface area contributed by atoms with E-state index in [1.54, 1.807) is 16.8 Å². The quantitative estimate of drug-likeness (QED) is 0.751. The smallest absolute Gasteiger partial charge is 0.142 e. The molecule has 66 valence electrons. The van der Waals surface area contributed by atoms with Gasteiger partial charge in [-0.15, -0.1) is 11.3 Å². The molecule has 13 heavy (non-hydrogen) atoms. The number of hydrogen-bond acceptors (Lipinski definition) is 3. The van der Waals surface area contributed by atoms with Crippen molar-refractivity contribution in [2.75, 3.05) is 5.73 Å². The van der Waals surface area contributed by atoms with Gasteiger partial charge in [0.15, 0.2) is 0 Å². The Morgan fingerprint density at radius 3 is 2.69 bits per heavy atom. The molecule has 3 heteroatoms. The molecule has 1 heterocycles. The highest BCUT2D eigenvalue weighted by atomic mass is 32.1. The highest BCUT2D eigenvalue weighted by molar-refractivity contribution is 7.13. The van der Waals surface area contributed by atoms with Crippen LogP contribution < -0.4 is 5.73 Å². The molecule has 2 nitrogen and oxygen atoms in total. The first kappa shape index (κ1) is 8.26. The minimum absolute atomic E-state index is 0.624. The van der Waals surface area contributed by atoms with Crippen molar-refractivity contribution in [2.45, 2.75) is 6.92 Å². The van der Waals surface area contributed by atoms with E-state index >= 15 is 0 Å². The van der Waals surface area contributed by atoms with Gasteiger partial charge in [-0.2, -0.15) is 0 Å². The number of anilines is 1. The van der Waals surface area contributed by atoms with Crippen molar-refractivity contribution in [2.24, 2.45) is 0 Å². The molecular weight excluding hydrogens is 180 g/mol. The zero-order valence-corrected chi connectivity index (χ0v) is 8.14. The molecule has 2 aromatic rings. The van der Waals surface area contributed by atoms with Gasteiger partial charge in [0.25, 0.3) is 0 Å². The van der Waals surface area contributed by atoms with E-state index < -0.39 is 0 Å². The number of nitrogens with zero attached hydrogens (tertiary/aromatic N) is 1. The Morgan fingerprint density at radius 1 is 1.31 bits per heavy atom. The molecule has 0 amide bonds. The lowest BCUT2D eigenvalue weighted by Crippen LogP contribution is -1.88. The Bertz CT molecular complexity index is 420. The summed E-state index contributed by atoms with van der Waals surface area (Å²) in [5.74, 6) is 0.624. The monoisotopic (exact) mass is 190 g/mol. The standard InChI is InChI=1S/C10H10N2S/c1-7-4-2-3-5-8(7)9-10(11)12-6-13-9/h2-6H,11H2,1H3. The van der Waals surface area contributed by atoms with Gasteiger partial charge < -0.3 is 5.73 Å². The number of thiazole rings is 1. The predicted molar refractivity (Wildman–Crippen MR) is 56.7 cm³/mol. The highest BCUT2D eigenvalue weighted by Crippen LogP contribution is 2.31. The van der Waals surface area contributed by atoms with Crippen molar-refractivity contribution in [3.8, 4) is 10.4 Å². The van der Waals surface area contributed by atoms with Crippen molar-refractivity contribution in [3.63, 3.8) is 0 Å². The van der Waals surface area contributed by atoms with E-state index in [4.69, 9.17) is 5.73 Å². The second-order valence-corrected chi connectivity index (χ2v) is 3.74. The van der Waals surface area contributed by atoms with Crippen molar-refractivity contribution in [1.29, 1.82) is 0 Å². The summed E-state index contributed by atoms with van der Waals surface area (Å²) >= 11 is 1.58. The normalized spacial score (nSPS) is 10.2. The van der Waals surface area contributed by atoms with Crippen LogP contribution in [0.1, 0.15) is 5.56 Å².